The Morgan fingerprint density at radius 2 is 1.26 bits per heavy atom. The Bertz CT molecular complexity index is 901. The van der Waals surface area contributed by atoms with Crippen molar-refractivity contribution in [3.63, 3.8) is 0 Å². The van der Waals surface area contributed by atoms with Crippen LogP contribution in [0.4, 0.5) is 0 Å². The van der Waals surface area contributed by atoms with Gasteiger partial charge in [-0.15, -0.1) is 13.2 Å². The number of aryl methyl sites for hydroxylation is 3. The molecule has 0 bridgehead atoms. The molecule has 2 unspecified atom stereocenters. The summed E-state index contributed by atoms with van der Waals surface area (Å²) in [5.74, 6) is 1.55. The van der Waals surface area contributed by atoms with Crippen LogP contribution in [-0.4, -0.2) is 0 Å². The van der Waals surface area contributed by atoms with Crippen LogP contribution in [-0.2, 0) is 32.1 Å². The zero-order valence-corrected chi connectivity index (χ0v) is 21.9. The maximum Gasteiger partial charge on any atom is -0.0248 e. The second kappa shape index (κ2) is 16.1. The van der Waals surface area contributed by atoms with Crippen LogP contribution in [0.2, 0.25) is 0 Å². The standard InChI is InChI=1S/C23H32.C9H10.C2H4/c1-4-11-22-14-9-10-15-23(22)18-20(5-2)16-19(3)17-21-12-7-6-8-13-21;1-2-5-9-7-3-6-8(9)4-1;1-2/h6-10,12-15,19-20H,4-5,11,16-18H2,1-3H3;1-2,4-5H,3,6-7H2;1-2H2. The zero-order chi connectivity index (χ0) is 24.6. The molecule has 0 spiro atoms. The van der Waals surface area contributed by atoms with Crippen LogP contribution in [0, 0.1) is 11.8 Å². The Morgan fingerprint density at radius 3 is 1.85 bits per heavy atom. The average molecular weight is 455 g/mol. The van der Waals surface area contributed by atoms with Crippen molar-refractivity contribution in [2.24, 2.45) is 11.8 Å². The van der Waals surface area contributed by atoms with Crippen LogP contribution >= 0.6 is 0 Å². The van der Waals surface area contributed by atoms with Crippen molar-refractivity contribution in [3.8, 4) is 0 Å². The first-order valence-electron chi connectivity index (χ1n) is 13.4. The average Bonchev–Trinajstić information content (AvgIpc) is 3.36. The van der Waals surface area contributed by atoms with Crippen LogP contribution in [0.1, 0.15) is 74.3 Å². The molecule has 0 heterocycles. The topological polar surface area (TPSA) is 0 Å². The van der Waals surface area contributed by atoms with Gasteiger partial charge in [-0.2, -0.15) is 0 Å². The Labute approximate surface area is 210 Å². The van der Waals surface area contributed by atoms with Gasteiger partial charge in [0.2, 0.25) is 0 Å². The lowest BCUT2D eigenvalue weighted by atomic mass is 9.84. The largest absolute Gasteiger partial charge is 0.106 e. The second-order valence-electron chi connectivity index (χ2n) is 9.65. The van der Waals surface area contributed by atoms with Gasteiger partial charge in [0, 0.05) is 0 Å². The molecule has 3 aromatic carbocycles. The Balaban J connectivity index is 0.000000305. The van der Waals surface area contributed by atoms with Gasteiger partial charge in [0.1, 0.15) is 0 Å². The molecule has 4 rings (SSSR count). The van der Waals surface area contributed by atoms with Crippen LogP contribution in [0.25, 0.3) is 0 Å². The van der Waals surface area contributed by atoms with Gasteiger partial charge in [0.05, 0.1) is 0 Å². The van der Waals surface area contributed by atoms with E-state index in [2.05, 4.69) is 113 Å². The fraction of sp³-hybridized carbons (Fsp3) is 0.412. The summed E-state index contributed by atoms with van der Waals surface area (Å²) in [7, 11) is 0. The van der Waals surface area contributed by atoms with Crippen molar-refractivity contribution in [2.75, 3.05) is 0 Å². The third kappa shape index (κ3) is 9.34. The van der Waals surface area contributed by atoms with Crippen molar-refractivity contribution in [3.05, 3.63) is 120 Å². The number of benzene rings is 3. The molecule has 0 aliphatic heterocycles. The highest BCUT2D eigenvalue weighted by atomic mass is 14.2. The SMILES string of the molecule is C=C.CCCc1ccccc1CC(CC)CC(C)Cc1ccccc1.c1ccc2c(c1)CCC2. The van der Waals surface area contributed by atoms with E-state index in [4.69, 9.17) is 0 Å². The van der Waals surface area contributed by atoms with Crippen LogP contribution in [0.5, 0.6) is 0 Å². The highest BCUT2D eigenvalue weighted by molar-refractivity contribution is 5.30. The number of fused-ring (bicyclic) bond motifs is 1. The van der Waals surface area contributed by atoms with Crippen molar-refractivity contribution in [1.29, 1.82) is 0 Å². The first kappa shape index (κ1) is 27.6. The highest BCUT2D eigenvalue weighted by Gasteiger charge is 2.14. The minimum atomic E-state index is 0.751. The van der Waals surface area contributed by atoms with Gasteiger partial charge in [-0.1, -0.05) is 112 Å². The molecule has 3 aromatic rings. The summed E-state index contributed by atoms with van der Waals surface area (Å²) in [6.07, 6.45) is 11.5. The summed E-state index contributed by atoms with van der Waals surface area (Å²) in [6.45, 7) is 13.0. The molecule has 0 heteroatoms. The van der Waals surface area contributed by atoms with Crippen molar-refractivity contribution in [1.82, 2.24) is 0 Å². The normalized spacial score (nSPS) is 13.5. The quantitative estimate of drug-likeness (QED) is 0.282. The van der Waals surface area contributed by atoms with Gasteiger partial charge >= 0.3 is 0 Å². The molecule has 0 saturated carbocycles. The lowest BCUT2D eigenvalue weighted by Crippen LogP contribution is -2.12. The maximum absolute atomic E-state index is 3.00. The molecule has 1 aliphatic rings. The van der Waals surface area contributed by atoms with Gasteiger partial charge < -0.3 is 0 Å². The third-order valence-corrected chi connectivity index (χ3v) is 6.90. The fourth-order valence-electron chi connectivity index (χ4n) is 5.16. The molecule has 0 amide bonds. The smallest absolute Gasteiger partial charge is 0.0248 e. The van der Waals surface area contributed by atoms with E-state index in [1.54, 1.807) is 22.3 Å². The highest BCUT2D eigenvalue weighted by Crippen LogP contribution is 2.25. The molecule has 0 saturated heterocycles. The van der Waals surface area contributed by atoms with Crippen LogP contribution < -0.4 is 0 Å². The zero-order valence-electron chi connectivity index (χ0n) is 21.9. The summed E-state index contributed by atoms with van der Waals surface area (Å²) in [5.41, 5.74) is 7.74. The van der Waals surface area contributed by atoms with Gasteiger partial charge in [0.25, 0.3) is 0 Å². The lowest BCUT2D eigenvalue weighted by Gasteiger charge is -2.21. The van der Waals surface area contributed by atoms with E-state index in [9.17, 15) is 0 Å². The molecule has 0 radical (unpaired) electrons. The molecular weight excluding hydrogens is 408 g/mol. The van der Waals surface area contributed by atoms with Crippen molar-refractivity contribution >= 4 is 0 Å². The summed E-state index contributed by atoms with van der Waals surface area (Å²) in [5, 5.41) is 0. The summed E-state index contributed by atoms with van der Waals surface area (Å²) in [6, 6.07) is 28.7. The minimum absolute atomic E-state index is 0.751. The molecular formula is C34H46. The van der Waals surface area contributed by atoms with Crippen LogP contribution in [0.3, 0.4) is 0 Å². The first-order valence-corrected chi connectivity index (χ1v) is 13.4. The first-order chi connectivity index (χ1) is 16.7. The van der Waals surface area contributed by atoms with Crippen molar-refractivity contribution in [2.45, 2.75) is 78.6 Å². The predicted molar refractivity (Wildman–Crippen MR) is 152 cm³/mol. The van der Waals surface area contributed by atoms with Gasteiger partial charge in [-0.3, -0.25) is 0 Å². The second-order valence-corrected chi connectivity index (χ2v) is 9.65. The maximum atomic E-state index is 3.00. The van der Waals surface area contributed by atoms with E-state index < -0.39 is 0 Å². The predicted octanol–water partition coefficient (Wildman–Crippen LogP) is 9.45. The Morgan fingerprint density at radius 1 is 0.706 bits per heavy atom. The Hall–Kier alpha value is -2.60. The summed E-state index contributed by atoms with van der Waals surface area (Å²) in [4.78, 5) is 0. The summed E-state index contributed by atoms with van der Waals surface area (Å²) >= 11 is 0. The number of hydrogen-bond donors (Lipinski definition) is 0. The minimum Gasteiger partial charge on any atom is -0.106 e. The van der Waals surface area contributed by atoms with E-state index in [-0.39, 0.29) is 0 Å². The monoisotopic (exact) mass is 454 g/mol. The lowest BCUT2D eigenvalue weighted by molar-refractivity contribution is 0.376. The van der Waals surface area contributed by atoms with Crippen molar-refractivity contribution < 1.29 is 0 Å². The number of rotatable bonds is 9. The molecule has 0 nitrogen and oxygen atoms in total. The Kier molecular flexibility index (Phi) is 13.1. The van der Waals surface area contributed by atoms with E-state index >= 15 is 0 Å². The third-order valence-electron chi connectivity index (χ3n) is 6.90. The van der Waals surface area contributed by atoms with Crippen LogP contribution in [0.15, 0.2) is 92.0 Å². The molecule has 182 valence electrons. The molecule has 0 fully saturated rings. The molecule has 0 aromatic heterocycles. The van der Waals surface area contributed by atoms with Gasteiger partial charge in [-0.25, -0.2) is 0 Å². The van der Waals surface area contributed by atoms with E-state index in [0.717, 1.165) is 11.8 Å². The molecule has 1 aliphatic carbocycles. The van der Waals surface area contributed by atoms with E-state index in [1.807, 2.05) is 0 Å². The summed E-state index contributed by atoms with van der Waals surface area (Å²) < 4.78 is 0. The number of hydrogen-bond acceptors (Lipinski definition) is 0. The van der Waals surface area contributed by atoms with Gasteiger partial charge in [-0.05, 0) is 84.6 Å². The molecule has 34 heavy (non-hydrogen) atoms. The fourth-order valence-corrected chi connectivity index (χ4v) is 5.16. The van der Waals surface area contributed by atoms with E-state index in [0.29, 0.717) is 0 Å². The van der Waals surface area contributed by atoms with E-state index in [1.165, 1.54) is 63.4 Å². The molecule has 2 atom stereocenters. The van der Waals surface area contributed by atoms with Gasteiger partial charge in [0.15, 0.2) is 0 Å². The molecule has 0 N–H and O–H groups in total.